The lowest BCUT2D eigenvalue weighted by Gasteiger charge is -2.37. The maximum Gasteiger partial charge on any atom is 0.241 e. The molecule has 1 aliphatic heterocycles. The fraction of sp³-hybridized carbons (Fsp3) is 0.636. The van der Waals surface area contributed by atoms with E-state index in [0.717, 1.165) is 0 Å². The zero-order chi connectivity index (χ0) is 23.2. The van der Waals surface area contributed by atoms with Crippen LogP contribution >= 0.6 is 0 Å². The summed E-state index contributed by atoms with van der Waals surface area (Å²) in [6, 6.07) is 5.20. The molecule has 9 heteroatoms. The van der Waals surface area contributed by atoms with E-state index >= 15 is 0 Å². The van der Waals surface area contributed by atoms with E-state index in [2.05, 4.69) is 4.72 Å². The standard InChI is InChI=1S/C22H35N3O5S/c1-16(2)14-20(23-31(28,29)19-8-6-18(30-5)7-9-19)22(27)25-12-10-24(11-13-25)21(26)15-17(3)4/h6-9,16-17,20,23H,10-15H2,1-5H3. The van der Waals surface area contributed by atoms with Gasteiger partial charge in [-0.25, -0.2) is 8.42 Å². The van der Waals surface area contributed by atoms with E-state index in [4.69, 9.17) is 4.74 Å². The van der Waals surface area contributed by atoms with Gasteiger partial charge in [-0.2, -0.15) is 4.72 Å². The molecule has 0 radical (unpaired) electrons. The molecule has 8 nitrogen and oxygen atoms in total. The number of methoxy groups -OCH3 is 1. The van der Waals surface area contributed by atoms with Gasteiger partial charge in [-0.1, -0.05) is 27.7 Å². The second-order valence-corrected chi connectivity index (χ2v) is 10.5. The van der Waals surface area contributed by atoms with Gasteiger partial charge < -0.3 is 14.5 Å². The van der Waals surface area contributed by atoms with E-state index in [1.54, 1.807) is 21.9 Å². The highest BCUT2D eigenvalue weighted by molar-refractivity contribution is 7.89. The van der Waals surface area contributed by atoms with E-state index in [1.807, 2.05) is 27.7 Å². The van der Waals surface area contributed by atoms with Crippen molar-refractivity contribution in [2.75, 3.05) is 33.3 Å². The Morgan fingerprint density at radius 1 is 0.968 bits per heavy atom. The predicted octanol–water partition coefficient (Wildman–Crippen LogP) is 2.11. The van der Waals surface area contributed by atoms with Crippen LogP contribution in [0.25, 0.3) is 0 Å². The van der Waals surface area contributed by atoms with Crippen LogP contribution in [0, 0.1) is 11.8 Å². The third kappa shape index (κ3) is 7.21. The number of carbonyl (C=O) groups is 2. The van der Waals surface area contributed by atoms with Gasteiger partial charge in [0.2, 0.25) is 21.8 Å². The van der Waals surface area contributed by atoms with E-state index in [9.17, 15) is 18.0 Å². The predicted molar refractivity (Wildman–Crippen MR) is 119 cm³/mol. The number of benzene rings is 1. The van der Waals surface area contributed by atoms with Crippen molar-refractivity contribution in [2.45, 2.75) is 51.5 Å². The van der Waals surface area contributed by atoms with Gasteiger partial charge in [-0.15, -0.1) is 0 Å². The zero-order valence-electron chi connectivity index (χ0n) is 19.1. The van der Waals surface area contributed by atoms with Crippen molar-refractivity contribution in [3.8, 4) is 5.75 Å². The van der Waals surface area contributed by atoms with Gasteiger partial charge in [-0.05, 0) is 42.5 Å². The number of ether oxygens (including phenoxy) is 1. The van der Waals surface area contributed by atoms with Crippen LogP contribution in [0.1, 0.15) is 40.5 Å². The molecule has 0 saturated carbocycles. The Balaban J connectivity index is 2.08. The van der Waals surface area contributed by atoms with Crippen molar-refractivity contribution in [3.05, 3.63) is 24.3 Å². The lowest BCUT2D eigenvalue weighted by atomic mass is 10.0. The van der Waals surface area contributed by atoms with Crippen molar-refractivity contribution in [1.29, 1.82) is 0 Å². The molecule has 0 spiro atoms. The molecule has 31 heavy (non-hydrogen) atoms. The Labute approximate surface area is 186 Å². The van der Waals surface area contributed by atoms with Crippen LogP contribution in [0.15, 0.2) is 29.2 Å². The highest BCUT2D eigenvalue weighted by Crippen LogP contribution is 2.18. The third-order valence-electron chi connectivity index (χ3n) is 5.20. The van der Waals surface area contributed by atoms with Crippen molar-refractivity contribution in [1.82, 2.24) is 14.5 Å². The van der Waals surface area contributed by atoms with Crippen molar-refractivity contribution in [2.24, 2.45) is 11.8 Å². The van der Waals surface area contributed by atoms with Crippen molar-refractivity contribution < 1.29 is 22.7 Å². The van der Waals surface area contributed by atoms with E-state index in [-0.39, 0.29) is 28.5 Å². The summed E-state index contributed by atoms with van der Waals surface area (Å²) in [5.74, 6) is 0.817. The molecule has 1 fully saturated rings. The molecular weight excluding hydrogens is 418 g/mol. The molecule has 0 aliphatic carbocycles. The summed E-state index contributed by atoms with van der Waals surface area (Å²) in [6.45, 7) is 9.65. The Morgan fingerprint density at radius 2 is 1.52 bits per heavy atom. The number of hydrogen-bond acceptors (Lipinski definition) is 5. The van der Waals surface area contributed by atoms with Crippen LogP contribution in [-0.4, -0.2) is 69.4 Å². The molecule has 1 heterocycles. The normalized spacial score (nSPS) is 16.0. The third-order valence-corrected chi connectivity index (χ3v) is 6.69. The maximum atomic E-state index is 13.2. The summed E-state index contributed by atoms with van der Waals surface area (Å²) in [5.41, 5.74) is 0. The Morgan fingerprint density at radius 3 is 2.00 bits per heavy atom. The zero-order valence-corrected chi connectivity index (χ0v) is 19.9. The van der Waals surface area contributed by atoms with Gasteiger partial charge in [0.05, 0.1) is 12.0 Å². The average molecular weight is 454 g/mol. The van der Waals surface area contributed by atoms with Gasteiger partial charge in [0.25, 0.3) is 0 Å². The van der Waals surface area contributed by atoms with E-state index in [1.165, 1.54) is 19.2 Å². The van der Waals surface area contributed by atoms with Gasteiger partial charge in [0, 0.05) is 32.6 Å². The molecule has 1 atom stereocenters. The summed E-state index contributed by atoms with van der Waals surface area (Å²) >= 11 is 0. The number of nitrogens with zero attached hydrogens (tertiary/aromatic N) is 2. The van der Waals surface area contributed by atoms with E-state index < -0.39 is 16.1 Å². The number of sulfonamides is 1. The first-order valence-corrected chi connectivity index (χ1v) is 12.2. The number of piperazine rings is 1. The summed E-state index contributed by atoms with van der Waals surface area (Å²) in [7, 11) is -2.36. The summed E-state index contributed by atoms with van der Waals surface area (Å²) < 4.78 is 33.4. The Hall–Kier alpha value is -2.13. The smallest absolute Gasteiger partial charge is 0.241 e. The lowest BCUT2D eigenvalue weighted by Crippen LogP contribution is -2.56. The van der Waals surface area contributed by atoms with Crippen LogP contribution in [0.3, 0.4) is 0 Å². The SMILES string of the molecule is COc1ccc(S(=O)(=O)NC(CC(C)C)C(=O)N2CCN(C(=O)CC(C)C)CC2)cc1. The fourth-order valence-electron chi connectivity index (χ4n) is 3.56. The maximum absolute atomic E-state index is 13.2. The topological polar surface area (TPSA) is 96.0 Å². The largest absolute Gasteiger partial charge is 0.497 e. The summed E-state index contributed by atoms with van der Waals surface area (Å²) in [5, 5.41) is 0. The quantitative estimate of drug-likeness (QED) is 0.618. The minimum atomic E-state index is -3.87. The van der Waals surface area contributed by atoms with Crippen molar-refractivity contribution >= 4 is 21.8 Å². The second kappa shape index (κ2) is 10.9. The number of rotatable bonds is 9. The second-order valence-electron chi connectivity index (χ2n) is 8.78. The monoisotopic (exact) mass is 453 g/mol. The molecule has 0 aromatic heterocycles. The van der Waals surface area contributed by atoms with Gasteiger partial charge in [0.15, 0.2) is 0 Å². The van der Waals surface area contributed by atoms with Crippen LogP contribution < -0.4 is 9.46 Å². The average Bonchev–Trinajstić information content (AvgIpc) is 2.72. The number of hydrogen-bond donors (Lipinski definition) is 1. The van der Waals surface area contributed by atoms with E-state index in [0.29, 0.717) is 44.8 Å². The molecule has 2 rings (SSSR count). The molecular formula is C22H35N3O5S. The van der Waals surface area contributed by atoms with Crippen molar-refractivity contribution in [3.63, 3.8) is 0 Å². The van der Waals surface area contributed by atoms with Crippen LogP contribution in [0.5, 0.6) is 5.75 Å². The van der Waals surface area contributed by atoms with Crippen LogP contribution in [0.4, 0.5) is 0 Å². The lowest BCUT2D eigenvalue weighted by molar-refractivity contribution is -0.141. The van der Waals surface area contributed by atoms with Crippen LogP contribution in [0.2, 0.25) is 0 Å². The van der Waals surface area contributed by atoms with Gasteiger partial charge in [0.1, 0.15) is 11.8 Å². The first-order valence-electron chi connectivity index (χ1n) is 10.8. The number of nitrogens with one attached hydrogen (secondary N) is 1. The number of amides is 2. The van der Waals surface area contributed by atoms with Gasteiger partial charge >= 0.3 is 0 Å². The summed E-state index contributed by atoms with van der Waals surface area (Å²) in [4.78, 5) is 29.0. The molecule has 1 aliphatic rings. The molecule has 1 unspecified atom stereocenters. The molecule has 174 valence electrons. The molecule has 1 N–H and O–H groups in total. The highest BCUT2D eigenvalue weighted by Gasteiger charge is 2.32. The molecule has 0 bridgehead atoms. The molecule has 2 amide bonds. The number of carbonyl (C=O) groups excluding carboxylic acids is 2. The summed E-state index contributed by atoms with van der Waals surface area (Å²) in [6.07, 6.45) is 0.881. The molecule has 1 saturated heterocycles. The minimum Gasteiger partial charge on any atom is -0.497 e. The Kier molecular flexibility index (Phi) is 8.88. The fourth-order valence-corrected chi connectivity index (χ4v) is 4.76. The first-order chi connectivity index (χ1) is 14.5. The molecule has 1 aromatic carbocycles. The van der Waals surface area contributed by atoms with Crippen LogP contribution in [-0.2, 0) is 19.6 Å². The molecule has 1 aromatic rings. The minimum absolute atomic E-state index is 0.0824. The Bertz CT molecular complexity index is 844. The van der Waals surface area contributed by atoms with Gasteiger partial charge in [-0.3, -0.25) is 9.59 Å². The highest BCUT2D eigenvalue weighted by atomic mass is 32.2. The first kappa shape index (κ1) is 25.1.